The van der Waals surface area contributed by atoms with Gasteiger partial charge in [0.25, 0.3) is 0 Å². The second kappa shape index (κ2) is 11.4. The fraction of sp³-hybridized carbons (Fsp3) is 0.500. The Morgan fingerprint density at radius 3 is 2.08 bits per heavy atom. The summed E-state index contributed by atoms with van der Waals surface area (Å²) in [5, 5.41) is 0. The average molecular weight is 364 g/mol. The molecule has 4 nitrogen and oxygen atoms in total. The molecule has 0 spiro atoms. The minimum atomic E-state index is -2.83. The Balaban J connectivity index is 1.72. The van der Waals surface area contributed by atoms with Crippen LogP contribution >= 0.6 is 0 Å². The lowest BCUT2D eigenvalue weighted by Crippen LogP contribution is -2.01. The van der Waals surface area contributed by atoms with Crippen molar-refractivity contribution < 1.29 is 18.3 Å². The highest BCUT2D eigenvalue weighted by Gasteiger charge is 2.06. The minimum Gasteiger partial charge on any atom is -0.490 e. The van der Waals surface area contributed by atoms with Crippen molar-refractivity contribution in [2.45, 2.75) is 58.5 Å². The summed E-state index contributed by atoms with van der Waals surface area (Å²) in [4.78, 5) is 8.53. The van der Waals surface area contributed by atoms with Crippen molar-refractivity contribution in [1.82, 2.24) is 9.97 Å². The first-order chi connectivity index (χ1) is 12.7. The molecule has 0 aliphatic carbocycles. The van der Waals surface area contributed by atoms with Gasteiger partial charge in [-0.2, -0.15) is 8.78 Å². The summed E-state index contributed by atoms with van der Waals surface area (Å²) < 4.78 is 34.3. The molecule has 0 aliphatic rings. The fourth-order valence-corrected chi connectivity index (χ4v) is 2.57. The molecule has 1 aromatic heterocycles. The highest BCUT2D eigenvalue weighted by Crippen LogP contribution is 2.21. The largest absolute Gasteiger partial charge is 0.490 e. The van der Waals surface area contributed by atoms with Crippen LogP contribution in [0, 0.1) is 0 Å². The molecule has 0 radical (unpaired) electrons. The Labute approximate surface area is 153 Å². The molecule has 0 amide bonds. The van der Waals surface area contributed by atoms with E-state index in [1.54, 1.807) is 24.5 Å². The van der Waals surface area contributed by atoms with Crippen molar-refractivity contribution in [3.63, 3.8) is 0 Å². The van der Waals surface area contributed by atoms with Gasteiger partial charge in [0.05, 0.1) is 19.0 Å². The standard InChI is InChI=1S/C20H26F2N2O2/c1-2-3-4-5-6-7-8-13-25-18-14-23-19(24-15-18)16-9-11-17(12-10-16)26-20(21)22/h9-12,14-15,20H,2-8,13H2,1H3. The van der Waals surface area contributed by atoms with Crippen molar-refractivity contribution in [1.29, 1.82) is 0 Å². The van der Waals surface area contributed by atoms with E-state index in [-0.39, 0.29) is 5.75 Å². The van der Waals surface area contributed by atoms with Gasteiger partial charge in [-0.1, -0.05) is 45.4 Å². The molecule has 142 valence electrons. The maximum Gasteiger partial charge on any atom is 0.387 e. The summed E-state index contributed by atoms with van der Waals surface area (Å²) in [6, 6.07) is 6.23. The molecule has 6 heteroatoms. The summed E-state index contributed by atoms with van der Waals surface area (Å²) in [7, 11) is 0. The number of aromatic nitrogens is 2. The Hall–Kier alpha value is -2.24. The molecule has 1 aromatic carbocycles. The van der Waals surface area contributed by atoms with Gasteiger partial charge in [0.15, 0.2) is 11.6 Å². The quantitative estimate of drug-likeness (QED) is 0.442. The number of hydrogen-bond donors (Lipinski definition) is 0. The summed E-state index contributed by atoms with van der Waals surface area (Å²) in [6.07, 6.45) is 11.9. The van der Waals surface area contributed by atoms with Crippen LogP contribution < -0.4 is 9.47 Å². The van der Waals surface area contributed by atoms with E-state index in [0.29, 0.717) is 18.2 Å². The molecule has 1 heterocycles. The van der Waals surface area contributed by atoms with Crippen LogP contribution in [0.2, 0.25) is 0 Å². The van der Waals surface area contributed by atoms with E-state index >= 15 is 0 Å². The van der Waals surface area contributed by atoms with Crippen molar-refractivity contribution in [2.24, 2.45) is 0 Å². The van der Waals surface area contributed by atoms with Crippen LogP contribution in [0.1, 0.15) is 51.9 Å². The van der Waals surface area contributed by atoms with E-state index in [1.807, 2.05) is 0 Å². The van der Waals surface area contributed by atoms with Gasteiger partial charge < -0.3 is 9.47 Å². The van der Waals surface area contributed by atoms with Crippen molar-refractivity contribution in [2.75, 3.05) is 6.61 Å². The Kier molecular flexibility index (Phi) is 8.79. The number of alkyl halides is 2. The average Bonchev–Trinajstić information content (AvgIpc) is 2.65. The first-order valence-corrected chi connectivity index (χ1v) is 9.19. The second-order valence-corrected chi connectivity index (χ2v) is 6.12. The predicted octanol–water partition coefficient (Wildman–Crippen LogP) is 5.87. The zero-order chi connectivity index (χ0) is 18.6. The first-order valence-electron chi connectivity index (χ1n) is 9.19. The monoisotopic (exact) mass is 364 g/mol. The number of hydrogen-bond acceptors (Lipinski definition) is 4. The van der Waals surface area contributed by atoms with Crippen LogP contribution in [-0.2, 0) is 0 Å². The van der Waals surface area contributed by atoms with Crippen LogP contribution in [-0.4, -0.2) is 23.2 Å². The number of unbranched alkanes of at least 4 members (excludes halogenated alkanes) is 6. The number of nitrogens with zero attached hydrogens (tertiary/aromatic N) is 2. The van der Waals surface area contributed by atoms with Gasteiger partial charge in [0.2, 0.25) is 0 Å². The van der Waals surface area contributed by atoms with Gasteiger partial charge in [-0.05, 0) is 30.7 Å². The van der Waals surface area contributed by atoms with E-state index in [9.17, 15) is 8.78 Å². The van der Waals surface area contributed by atoms with Crippen molar-refractivity contribution in [3.05, 3.63) is 36.7 Å². The second-order valence-electron chi connectivity index (χ2n) is 6.12. The molecule has 2 aromatic rings. The molecule has 0 unspecified atom stereocenters. The lowest BCUT2D eigenvalue weighted by molar-refractivity contribution is -0.0498. The van der Waals surface area contributed by atoms with E-state index in [2.05, 4.69) is 21.6 Å². The van der Waals surface area contributed by atoms with Crippen LogP contribution in [0.25, 0.3) is 11.4 Å². The molecule has 0 atom stereocenters. The smallest absolute Gasteiger partial charge is 0.387 e. The Morgan fingerprint density at radius 2 is 1.46 bits per heavy atom. The van der Waals surface area contributed by atoms with Crippen molar-refractivity contribution in [3.8, 4) is 22.9 Å². The molecule has 26 heavy (non-hydrogen) atoms. The normalized spacial score (nSPS) is 10.9. The first kappa shape index (κ1) is 20.1. The van der Waals surface area contributed by atoms with Crippen LogP contribution in [0.4, 0.5) is 8.78 Å². The highest BCUT2D eigenvalue weighted by molar-refractivity contribution is 5.56. The van der Waals surface area contributed by atoms with E-state index in [1.165, 1.54) is 50.7 Å². The number of benzene rings is 1. The fourth-order valence-electron chi connectivity index (χ4n) is 2.57. The highest BCUT2D eigenvalue weighted by atomic mass is 19.3. The van der Waals surface area contributed by atoms with Gasteiger partial charge in [0.1, 0.15) is 5.75 Å². The van der Waals surface area contributed by atoms with Crippen LogP contribution in [0.5, 0.6) is 11.5 Å². The van der Waals surface area contributed by atoms with E-state index in [4.69, 9.17) is 4.74 Å². The number of ether oxygens (including phenoxy) is 2. The number of halogens is 2. The van der Waals surface area contributed by atoms with E-state index < -0.39 is 6.61 Å². The van der Waals surface area contributed by atoms with E-state index in [0.717, 1.165) is 12.0 Å². The van der Waals surface area contributed by atoms with Crippen LogP contribution in [0.15, 0.2) is 36.7 Å². The third-order valence-corrected chi connectivity index (χ3v) is 3.98. The summed E-state index contributed by atoms with van der Waals surface area (Å²) in [5.41, 5.74) is 0.727. The number of rotatable bonds is 12. The zero-order valence-electron chi connectivity index (χ0n) is 15.2. The topological polar surface area (TPSA) is 44.2 Å². The molecule has 0 fully saturated rings. The molecule has 2 rings (SSSR count). The summed E-state index contributed by atoms with van der Waals surface area (Å²) >= 11 is 0. The zero-order valence-corrected chi connectivity index (χ0v) is 15.2. The molecule has 0 aliphatic heterocycles. The van der Waals surface area contributed by atoms with Gasteiger partial charge >= 0.3 is 6.61 Å². The van der Waals surface area contributed by atoms with Gasteiger partial charge in [-0.3, -0.25) is 0 Å². The predicted molar refractivity (Wildman–Crippen MR) is 97.6 cm³/mol. The third-order valence-electron chi connectivity index (χ3n) is 3.98. The van der Waals surface area contributed by atoms with Crippen LogP contribution in [0.3, 0.4) is 0 Å². The molecule has 0 saturated carbocycles. The maximum atomic E-state index is 12.1. The third kappa shape index (κ3) is 7.33. The molecule has 0 bridgehead atoms. The Morgan fingerprint density at radius 1 is 0.846 bits per heavy atom. The lowest BCUT2D eigenvalue weighted by atomic mass is 10.1. The minimum absolute atomic E-state index is 0.110. The lowest BCUT2D eigenvalue weighted by Gasteiger charge is -2.07. The molecular formula is C20H26F2N2O2. The SMILES string of the molecule is CCCCCCCCCOc1cnc(-c2ccc(OC(F)F)cc2)nc1. The molecule has 0 N–H and O–H groups in total. The summed E-state index contributed by atoms with van der Waals surface area (Å²) in [6.45, 7) is 0.0543. The van der Waals surface area contributed by atoms with Gasteiger partial charge in [-0.15, -0.1) is 0 Å². The summed E-state index contributed by atoms with van der Waals surface area (Å²) in [5.74, 6) is 1.26. The Bertz CT molecular complexity index is 619. The van der Waals surface area contributed by atoms with Gasteiger partial charge in [0, 0.05) is 5.56 Å². The molecular weight excluding hydrogens is 338 g/mol. The van der Waals surface area contributed by atoms with Crippen molar-refractivity contribution >= 4 is 0 Å². The van der Waals surface area contributed by atoms with Gasteiger partial charge in [-0.25, -0.2) is 9.97 Å². The molecule has 0 saturated heterocycles. The maximum absolute atomic E-state index is 12.1.